The summed E-state index contributed by atoms with van der Waals surface area (Å²) in [4.78, 5) is 18.2. The van der Waals surface area contributed by atoms with Gasteiger partial charge in [0.25, 0.3) is 0 Å². The van der Waals surface area contributed by atoms with E-state index in [1.807, 2.05) is 12.1 Å². The summed E-state index contributed by atoms with van der Waals surface area (Å²) in [5.41, 5.74) is 0.611. The first kappa shape index (κ1) is 9.08. The molecule has 0 aliphatic heterocycles. The molecular formula is C9H5BrN2O2. The van der Waals surface area contributed by atoms with Gasteiger partial charge in [-0.3, -0.25) is 0 Å². The van der Waals surface area contributed by atoms with Crippen LogP contribution in [0.4, 0.5) is 0 Å². The maximum Gasteiger partial charge on any atom is 0.373 e. The second-order valence-electron chi connectivity index (χ2n) is 2.68. The highest BCUT2D eigenvalue weighted by Crippen LogP contribution is 2.20. The summed E-state index contributed by atoms with van der Waals surface area (Å²) >= 11 is 3.30. The van der Waals surface area contributed by atoms with Crippen LogP contribution in [0.2, 0.25) is 0 Å². The topological polar surface area (TPSA) is 63.1 Å². The Balaban J connectivity index is 2.76. The largest absolute Gasteiger partial charge is 0.475 e. The van der Waals surface area contributed by atoms with Gasteiger partial charge in [0, 0.05) is 16.1 Å². The molecular weight excluding hydrogens is 248 g/mol. The average molecular weight is 253 g/mol. The van der Waals surface area contributed by atoms with Gasteiger partial charge in [-0.1, -0.05) is 12.1 Å². The molecule has 14 heavy (non-hydrogen) atoms. The number of benzene rings is 1. The Labute approximate surface area is 87.7 Å². The molecule has 0 unspecified atom stereocenters. The molecule has 5 heteroatoms. The third-order valence-corrected chi connectivity index (χ3v) is 2.39. The Kier molecular flexibility index (Phi) is 2.17. The molecule has 1 aromatic carbocycles. The van der Waals surface area contributed by atoms with Crippen LogP contribution >= 0.6 is 15.9 Å². The normalized spacial score (nSPS) is 10.4. The van der Waals surface area contributed by atoms with Gasteiger partial charge in [0.15, 0.2) is 0 Å². The highest BCUT2D eigenvalue weighted by molar-refractivity contribution is 9.10. The van der Waals surface area contributed by atoms with E-state index in [-0.39, 0.29) is 5.82 Å². The summed E-state index contributed by atoms with van der Waals surface area (Å²) < 4.78 is 0.764. The predicted octanol–water partition coefficient (Wildman–Crippen LogP) is 2.09. The number of rotatable bonds is 1. The van der Waals surface area contributed by atoms with Gasteiger partial charge in [0.05, 0.1) is 5.52 Å². The Hall–Kier alpha value is -1.49. The zero-order chi connectivity index (χ0) is 10.1. The van der Waals surface area contributed by atoms with Crippen LogP contribution in [0.1, 0.15) is 10.6 Å². The molecule has 0 aliphatic rings. The van der Waals surface area contributed by atoms with Gasteiger partial charge in [0.2, 0.25) is 5.82 Å². The van der Waals surface area contributed by atoms with E-state index < -0.39 is 5.97 Å². The van der Waals surface area contributed by atoms with Gasteiger partial charge in [-0.15, -0.1) is 0 Å². The molecule has 0 saturated carbocycles. The highest BCUT2D eigenvalue weighted by Gasteiger charge is 2.08. The van der Waals surface area contributed by atoms with Crippen LogP contribution < -0.4 is 0 Å². The molecule has 2 aromatic rings. The lowest BCUT2D eigenvalue weighted by atomic mass is 10.2. The molecule has 2 rings (SSSR count). The van der Waals surface area contributed by atoms with Crippen molar-refractivity contribution >= 4 is 32.8 Å². The van der Waals surface area contributed by atoms with Crippen molar-refractivity contribution in [3.63, 3.8) is 0 Å². The van der Waals surface area contributed by atoms with Crippen LogP contribution in [0.5, 0.6) is 0 Å². The number of para-hydroxylation sites is 1. The molecule has 0 spiro atoms. The van der Waals surface area contributed by atoms with Gasteiger partial charge in [0.1, 0.15) is 0 Å². The smallest absolute Gasteiger partial charge is 0.373 e. The van der Waals surface area contributed by atoms with Crippen LogP contribution in [0.15, 0.2) is 28.9 Å². The van der Waals surface area contributed by atoms with E-state index in [1.54, 1.807) is 6.07 Å². The second-order valence-corrected chi connectivity index (χ2v) is 3.53. The molecule has 0 atom stereocenters. The van der Waals surface area contributed by atoms with Crippen molar-refractivity contribution in [2.45, 2.75) is 0 Å². The first-order valence-corrected chi connectivity index (χ1v) is 4.62. The maximum atomic E-state index is 10.6. The van der Waals surface area contributed by atoms with Crippen molar-refractivity contribution in [2.24, 2.45) is 0 Å². The van der Waals surface area contributed by atoms with Crippen molar-refractivity contribution in [1.29, 1.82) is 0 Å². The van der Waals surface area contributed by atoms with Crippen LogP contribution in [-0.2, 0) is 0 Å². The molecule has 1 heterocycles. The number of carboxylic acid groups (broad SMARTS) is 1. The summed E-state index contributed by atoms with van der Waals surface area (Å²) in [6.07, 6.45) is 1.50. The molecule has 1 aromatic heterocycles. The minimum absolute atomic E-state index is 0.190. The lowest BCUT2D eigenvalue weighted by molar-refractivity contribution is 0.0684. The number of aromatic nitrogens is 2. The molecule has 0 radical (unpaired) electrons. The van der Waals surface area contributed by atoms with Crippen molar-refractivity contribution in [3.8, 4) is 0 Å². The number of carboxylic acids is 1. The molecule has 0 bridgehead atoms. The summed E-state index contributed by atoms with van der Waals surface area (Å²) in [6.45, 7) is 0. The molecule has 1 N–H and O–H groups in total. The summed E-state index contributed by atoms with van der Waals surface area (Å²) in [5.74, 6) is -1.31. The Bertz CT molecular complexity index is 513. The fraction of sp³-hybridized carbons (Fsp3) is 0. The van der Waals surface area contributed by atoms with Gasteiger partial charge in [-0.25, -0.2) is 14.8 Å². The summed E-state index contributed by atoms with van der Waals surface area (Å²) in [6, 6.07) is 5.48. The number of hydrogen-bond donors (Lipinski definition) is 1. The third kappa shape index (κ3) is 1.46. The minimum atomic E-state index is -1.12. The molecule has 0 fully saturated rings. The van der Waals surface area contributed by atoms with Gasteiger partial charge < -0.3 is 5.11 Å². The van der Waals surface area contributed by atoms with Crippen LogP contribution in [0.3, 0.4) is 0 Å². The van der Waals surface area contributed by atoms with Crippen molar-refractivity contribution in [2.75, 3.05) is 0 Å². The number of halogens is 1. The van der Waals surface area contributed by atoms with Crippen molar-refractivity contribution in [3.05, 3.63) is 34.7 Å². The molecule has 4 nitrogen and oxygen atoms in total. The fourth-order valence-corrected chi connectivity index (χ4v) is 1.59. The SMILES string of the molecule is O=C(O)c1ncc2cccc(Br)c2n1. The van der Waals surface area contributed by atoms with Gasteiger partial charge >= 0.3 is 5.97 Å². The van der Waals surface area contributed by atoms with Gasteiger partial charge in [-0.05, 0) is 22.0 Å². The number of fused-ring (bicyclic) bond motifs is 1. The Morgan fingerprint density at radius 2 is 2.21 bits per heavy atom. The van der Waals surface area contributed by atoms with Crippen LogP contribution in [0, 0.1) is 0 Å². The molecule has 0 aliphatic carbocycles. The van der Waals surface area contributed by atoms with Crippen molar-refractivity contribution in [1.82, 2.24) is 9.97 Å². The van der Waals surface area contributed by atoms with E-state index in [4.69, 9.17) is 5.11 Å². The Morgan fingerprint density at radius 1 is 1.43 bits per heavy atom. The van der Waals surface area contributed by atoms with E-state index in [0.29, 0.717) is 5.52 Å². The highest BCUT2D eigenvalue weighted by atomic mass is 79.9. The second kappa shape index (κ2) is 3.34. The quantitative estimate of drug-likeness (QED) is 0.845. The standard InChI is InChI=1S/C9H5BrN2O2/c10-6-3-1-2-5-4-11-8(9(13)14)12-7(5)6/h1-4H,(H,13,14). The van der Waals surface area contributed by atoms with E-state index >= 15 is 0 Å². The Morgan fingerprint density at radius 3 is 2.93 bits per heavy atom. The van der Waals surface area contributed by atoms with E-state index in [1.165, 1.54) is 6.20 Å². The van der Waals surface area contributed by atoms with Crippen molar-refractivity contribution < 1.29 is 9.90 Å². The molecule has 70 valence electrons. The number of hydrogen-bond acceptors (Lipinski definition) is 3. The zero-order valence-electron chi connectivity index (χ0n) is 6.94. The van der Waals surface area contributed by atoms with E-state index in [9.17, 15) is 4.79 Å². The van der Waals surface area contributed by atoms with Crippen LogP contribution in [-0.4, -0.2) is 21.0 Å². The summed E-state index contributed by atoms with van der Waals surface area (Å²) in [5, 5.41) is 9.50. The average Bonchev–Trinajstić information content (AvgIpc) is 2.18. The fourth-order valence-electron chi connectivity index (χ4n) is 1.12. The number of nitrogens with zero attached hydrogens (tertiary/aromatic N) is 2. The lowest BCUT2D eigenvalue weighted by Gasteiger charge is -1.99. The third-order valence-electron chi connectivity index (χ3n) is 1.75. The predicted molar refractivity (Wildman–Crippen MR) is 54.2 cm³/mol. The van der Waals surface area contributed by atoms with Gasteiger partial charge in [-0.2, -0.15) is 0 Å². The van der Waals surface area contributed by atoms with E-state index in [0.717, 1.165) is 9.86 Å². The number of carbonyl (C=O) groups is 1. The van der Waals surface area contributed by atoms with E-state index in [2.05, 4.69) is 25.9 Å². The zero-order valence-corrected chi connectivity index (χ0v) is 8.52. The molecule has 0 amide bonds. The first-order valence-electron chi connectivity index (χ1n) is 3.83. The molecule has 0 saturated heterocycles. The first-order chi connectivity index (χ1) is 6.68. The minimum Gasteiger partial charge on any atom is -0.475 e. The van der Waals surface area contributed by atoms with Crippen LogP contribution in [0.25, 0.3) is 10.9 Å². The maximum absolute atomic E-state index is 10.6. The lowest BCUT2D eigenvalue weighted by Crippen LogP contribution is -2.03. The number of aromatic carboxylic acids is 1. The monoisotopic (exact) mass is 252 g/mol. The summed E-state index contributed by atoms with van der Waals surface area (Å²) in [7, 11) is 0.